The van der Waals surface area contributed by atoms with E-state index < -0.39 is 11.2 Å². The van der Waals surface area contributed by atoms with E-state index in [1.807, 2.05) is 13.8 Å². The van der Waals surface area contributed by atoms with E-state index in [-0.39, 0.29) is 22.2 Å². The SMILES string of the molecule is CC12OC13CC[C@@H]1[C@@H](CC[C@@]4(C)[C@H]1CCC4(C)O)[C@@]3(C)CC(C#N)=C2O. The number of hydrogen-bond acceptors (Lipinski definition) is 4. The number of fused-ring (bicyclic) bond motifs is 4. The molecule has 142 valence electrons. The molecule has 4 fully saturated rings. The minimum atomic E-state index is -0.669. The molecule has 0 aromatic rings. The van der Waals surface area contributed by atoms with Crippen LogP contribution in [0.15, 0.2) is 11.3 Å². The molecule has 8 atom stereocenters. The number of epoxide rings is 1. The van der Waals surface area contributed by atoms with Gasteiger partial charge in [0.05, 0.1) is 17.2 Å². The summed E-state index contributed by atoms with van der Waals surface area (Å²) in [7, 11) is 0. The van der Waals surface area contributed by atoms with Gasteiger partial charge in [-0.25, -0.2) is 0 Å². The standard InChI is InChI=1S/C22H31NO3/c1-18-8-6-16-14(15(18)7-9-20(18,3)25)5-10-22-19(16,2)11-13(12-23)17(24)21(22,4)26-22/h14-16,24-25H,5-11H2,1-4H3/t14-,15-,16+,18-,19+,20?,21?,22?/m0/s1. The van der Waals surface area contributed by atoms with Crippen LogP contribution in [0.25, 0.3) is 0 Å². The van der Waals surface area contributed by atoms with Crippen molar-refractivity contribution in [2.45, 2.75) is 89.4 Å². The van der Waals surface area contributed by atoms with Gasteiger partial charge in [-0.3, -0.25) is 0 Å². The molecule has 0 aromatic carbocycles. The first kappa shape index (κ1) is 17.1. The molecule has 5 rings (SSSR count). The number of hydrogen-bond donors (Lipinski definition) is 2. The second-order valence-corrected chi connectivity index (χ2v) is 10.7. The third kappa shape index (κ3) is 1.53. The molecule has 3 saturated carbocycles. The topological polar surface area (TPSA) is 76.8 Å². The maximum absolute atomic E-state index is 11.0. The molecule has 2 N–H and O–H groups in total. The first-order valence-electron chi connectivity index (χ1n) is 10.3. The first-order valence-corrected chi connectivity index (χ1v) is 10.3. The van der Waals surface area contributed by atoms with Crippen molar-refractivity contribution >= 4 is 0 Å². The zero-order chi connectivity index (χ0) is 18.8. The summed E-state index contributed by atoms with van der Waals surface area (Å²) in [6.45, 7) is 8.63. The number of aliphatic hydroxyl groups is 2. The van der Waals surface area contributed by atoms with Crippen molar-refractivity contribution in [1.29, 1.82) is 5.26 Å². The zero-order valence-electron chi connectivity index (χ0n) is 16.4. The average Bonchev–Trinajstić information content (AvgIpc) is 3.14. The maximum Gasteiger partial charge on any atom is 0.153 e. The highest BCUT2D eigenvalue weighted by molar-refractivity contribution is 5.46. The van der Waals surface area contributed by atoms with Gasteiger partial charge < -0.3 is 14.9 Å². The number of nitrogens with zero attached hydrogens (tertiary/aromatic N) is 1. The van der Waals surface area contributed by atoms with E-state index in [9.17, 15) is 15.5 Å². The lowest BCUT2D eigenvalue weighted by Gasteiger charge is -2.60. The van der Waals surface area contributed by atoms with Crippen LogP contribution in [-0.4, -0.2) is 27.0 Å². The summed E-state index contributed by atoms with van der Waals surface area (Å²) in [5, 5.41) is 31.3. The van der Waals surface area contributed by atoms with Crippen LogP contribution >= 0.6 is 0 Å². The summed E-state index contributed by atoms with van der Waals surface area (Å²) in [6.07, 6.45) is 6.85. The van der Waals surface area contributed by atoms with Gasteiger partial charge in [-0.05, 0) is 82.0 Å². The smallest absolute Gasteiger partial charge is 0.153 e. The molecule has 26 heavy (non-hydrogen) atoms. The Labute approximate surface area is 156 Å². The zero-order valence-corrected chi connectivity index (χ0v) is 16.4. The van der Waals surface area contributed by atoms with Crippen LogP contribution in [0.3, 0.4) is 0 Å². The van der Waals surface area contributed by atoms with Gasteiger partial charge in [0.25, 0.3) is 0 Å². The van der Waals surface area contributed by atoms with Crippen molar-refractivity contribution in [3.05, 3.63) is 11.3 Å². The summed E-state index contributed by atoms with van der Waals surface area (Å²) in [6, 6.07) is 2.26. The van der Waals surface area contributed by atoms with Crippen molar-refractivity contribution in [3.63, 3.8) is 0 Å². The van der Waals surface area contributed by atoms with E-state index in [1.165, 1.54) is 0 Å². The Morgan fingerprint density at radius 1 is 1.00 bits per heavy atom. The van der Waals surface area contributed by atoms with E-state index in [0.29, 0.717) is 29.7 Å². The van der Waals surface area contributed by atoms with Gasteiger partial charge >= 0.3 is 0 Å². The molecule has 5 aliphatic rings. The molecule has 3 unspecified atom stereocenters. The van der Waals surface area contributed by atoms with Gasteiger partial charge in [0.1, 0.15) is 11.4 Å². The summed E-state index contributed by atoms with van der Waals surface area (Å²) in [5.41, 5.74) is -1.11. The Balaban J connectivity index is 1.57. The molecule has 4 heteroatoms. The fourth-order valence-electron chi connectivity index (χ4n) is 8.30. The minimum absolute atomic E-state index is 0.00739. The highest BCUT2D eigenvalue weighted by Crippen LogP contribution is 2.77. The van der Waals surface area contributed by atoms with Crippen LogP contribution in [0, 0.1) is 39.9 Å². The quantitative estimate of drug-likeness (QED) is 0.636. The molecule has 0 amide bonds. The van der Waals surface area contributed by atoms with Crippen LogP contribution in [0.1, 0.15) is 72.6 Å². The van der Waals surface area contributed by atoms with Crippen LogP contribution in [0.4, 0.5) is 0 Å². The maximum atomic E-state index is 11.0. The molecule has 1 saturated heterocycles. The van der Waals surface area contributed by atoms with Crippen molar-refractivity contribution in [2.75, 3.05) is 0 Å². The molecule has 0 aromatic heterocycles. The van der Waals surface area contributed by atoms with E-state index >= 15 is 0 Å². The average molecular weight is 357 g/mol. The van der Waals surface area contributed by atoms with Crippen LogP contribution in [0.5, 0.6) is 0 Å². The number of rotatable bonds is 0. The van der Waals surface area contributed by atoms with E-state index in [4.69, 9.17) is 4.74 Å². The molecule has 1 aliphatic heterocycles. The fourth-order valence-corrected chi connectivity index (χ4v) is 8.30. The fraction of sp³-hybridized carbons (Fsp3) is 0.864. The summed E-state index contributed by atoms with van der Waals surface area (Å²) in [4.78, 5) is 0. The monoisotopic (exact) mass is 357 g/mol. The van der Waals surface area contributed by atoms with Gasteiger partial charge in [0.15, 0.2) is 5.60 Å². The minimum Gasteiger partial charge on any atom is -0.508 e. The van der Waals surface area contributed by atoms with Gasteiger partial charge in [-0.15, -0.1) is 0 Å². The van der Waals surface area contributed by atoms with Gasteiger partial charge in [-0.2, -0.15) is 5.26 Å². The van der Waals surface area contributed by atoms with E-state index in [1.54, 1.807) is 0 Å². The number of aliphatic hydroxyl groups excluding tert-OH is 1. The van der Waals surface area contributed by atoms with E-state index in [0.717, 1.165) is 38.5 Å². The largest absolute Gasteiger partial charge is 0.508 e. The third-order valence-electron chi connectivity index (χ3n) is 10.1. The van der Waals surface area contributed by atoms with Crippen LogP contribution < -0.4 is 0 Å². The molecular formula is C22H31NO3. The Bertz CT molecular complexity index is 766. The predicted octanol–water partition coefficient (Wildman–Crippen LogP) is 4.25. The first-order chi connectivity index (χ1) is 12.1. The van der Waals surface area contributed by atoms with Crippen LogP contribution in [-0.2, 0) is 4.74 Å². The number of ether oxygens (including phenoxy) is 1. The predicted molar refractivity (Wildman–Crippen MR) is 97.1 cm³/mol. The number of nitriles is 1. The molecule has 4 nitrogen and oxygen atoms in total. The molecule has 0 bridgehead atoms. The van der Waals surface area contributed by atoms with E-state index in [2.05, 4.69) is 19.9 Å². The lowest BCUT2D eigenvalue weighted by atomic mass is 9.43. The van der Waals surface area contributed by atoms with Crippen molar-refractivity contribution < 1.29 is 14.9 Å². The van der Waals surface area contributed by atoms with Crippen molar-refractivity contribution in [3.8, 4) is 6.07 Å². The van der Waals surface area contributed by atoms with Crippen LogP contribution in [0.2, 0.25) is 0 Å². The normalized spacial score (nSPS) is 60.4. The molecular weight excluding hydrogens is 326 g/mol. The molecule has 4 aliphatic carbocycles. The Morgan fingerprint density at radius 3 is 2.35 bits per heavy atom. The molecule has 0 radical (unpaired) electrons. The summed E-state index contributed by atoms with van der Waals surface area (Å²) >= 11 is 0. The summed E-state index contributed by atoms with van der Waals surface area (Å²) in [5.74, 6) is 1.83. The third-order valence-corrected chi connectivity index (χ3v) is 10.1. The molecule has 1 spiro atoms. The Kier molecular flexibility index (Phi) is 2.95. The molecule has 1 heterocycles. The van der Waals surface area contributed by atoms with Gasteiger partial charge in [0, 0.05) is 5.41 Å². The highest BCUT2D eigenvalue weighted by atomic mass is 16.6. The second kappa shape index (κ2) is 4.50. The Morgan fingerprint density at radius 2 is 1.65 bits per heavy atom. The Hall–Kier alpha value is -1.05. The van der Waals surface area contributed by atoms with Gasteiger partial charge in [0.2, 0.25) is 0 Å². The van der Waals surface area contributed by atoms with Crippen molar-refractivity contribution in [1.82, 2.24) is 0 Å². The van der Waals surface area contributed by atoms with Crippen molar-refractivity contribution in [2.24, 2.45) is 28.6 Å². The number of allylic oxidation sites excluding steroid dienone is 1. The lowest BCUT2D eigenvalue weighted by molar-refractivity contribution is -0.143. The lowest BCUT2D eigenvalue weighted by Crippen LogP contribution is -2.60. The van der Waals surface area contributed by atoms with Gasteiger partial charge in [-0.1, -0.05) is 13.8 Å². The highest BCUT2D eigenvalue weighted by Gasteiger charge is 2.82. The second-order valence-electron chi connectivity index (χ2n) is 10.7. The summed E-state index contributed by atoms with van der Waals surface area (Å²) < 4.78 is 6.32.